The van der Waals surface area contributed by atoms with Gasteiger partial charge in [0.2, 0.25) is 0 Å². The van der Waals surface area contributed by atoms with Crippen LogP contribution >= 0.6 is 0 Å². The van der Waals surface area contributed by atoms with Gasteiger partial charge in [0.05, 0.1) is 18.5 Å². The van der Waals surface area contributed by atoms with Crippen molar-refractivity contribution in [2.75, 3.05) is 37.9 Å². The molecule has 0 saturated heterocycles. The summed E-state index contributed by atoms with van der Waals surface area (Å²) in [5, 5.41) is 3.12. The predicted molar refractivity (Wildman–Crippen MR) is 67.0 cm³/mol. The molecule has 1 aromatic rings. The average molecular weight is 242 g/mol. The monoisotopic (exact) mass is 242 g/mol. The van der Waals surface area contributed by atoms with Gasteiger partial charge in [-0.05, 0) is 13.3 Å². The van der Waals surface area contributed by atoms with Crippen LogP contribution < -0.4 is 15.8 Å². The van der Waals surface area contributed by atoms with Crippen LogP contribution in [0.25, 0.3) is 0 Å². The maximum Gasteiger partial charge on any atom is 0.167 e. The molecule has 1 aromatic carbocycles. The van der Waals surface area contributed by atoms with E-state index >= 15 is 0 Å². The smallest absolute Gasteiger partial charge is 0.167 e. The molecule has 0 fully saturated rings. The molecule has 0 amide bonds. The Kier molecular flexibility index (Phi) is 5.56. The second-order valence-electron chi connectivity index (χ2n) is 3.55. The second kappa shape index (κ2) is 6.96. The van der Waals surface area contributed by atoms with Crippen LogP contribution in [0, 0.1) is 5.82 Å². The van der Waals surface area contributed by atoms with E-state index in [0.717, 1.165) is 13.0 Å². The molecule has 4 nitrogen and oxygen atoms in total. The van der Waals surface area contributed by atoms with Crippen molar-refractivity contribution in [3.8, 4) is 5.75 Å². The minimum atomic E-state index is -0.454. The van der Waals surface area contributed by atoms with Crippen LogP contribution in [0.3, 0.4) is 0 Å². The molecular formula is C12H19FN2O2. The lowest BCUT2D eigenvalue weighted by Gasteiger charge is -2.11. The minimum absolute atomic E-state index is 0.187. The molecule has 0 bridgehead atoms. The first kappa shape index (κ1) is 13.6. The Hall–Kier alpha value is -1.49. The number of hydrogen-bond donors (Lipinski definition) is 2. The van der Waals surface area contributed by atoms with Crippen LogP contribution in [0.5, 0.6) is 5.75 Å². The van der Waals surface area contributed by atoms with Crippen molar-refractivity contribution in [3.63, 3.8) is 0 Å². The lowest BCUT2D eigenvalue weighted by atomic mass is 10.2. The van der Waals surface area contributed by atoms with Crippen molar-refractivity contribution in [3.05, 3.63) is 17.9 Å². The van der Waals surface area contributed by atoms with Crippen LogP contribution in [0.4, 0.5) is 15.8 Å². The predicted octanol–water partition coefficient (Wildman–Crippen LogP) is 2.25. The zero-order valence-electron chi connectivity index (χ0n) is 10.3. The molecule has 0 aromatic heterocycles. The van der Waals surface area contributed by atoms with Gasteiger partial charge >= 0.3 is 0 Å². The lowest BCUT2D eigenvalue weighted by molar-refractivity contribution is 0.147. The number of nitrogens with one attached hydrogen (secondary N) is 1. The summed E-state index contributed by atoms with van der Waals surface area (Å²) in [6.45, 7) is 4.09. The highest BCUT2D eigenvalue weighted by Gasteiger charge is 2.07. The SMILES string of the molecule is CCOCCCNc1cc(OC)c(F)cc1N. The van der Waals surface area contributed by atoms with Crippen LogP contribution in [0.1, 0.15) is 13.3 Å². The van der Waals surface area contributed by atoms with Gasteiger partial charge in [-0.2, -0.15) is 0 Å². The van der Waals surface area contributed by atoms with E-state index in [2.05, 4.69) is 5.32 Å². The summed E-state index contributed by atoms with van der Waals surface area (Å²) in [6.07, 6.45) is 0.868. The zero-order chi connectivity index (χ0) is 12.7. The van der Waals surface area contributed by atoms with E-state index in [0.29, 0.717) is 24.6 Å². The van der Waals surface area contributed by atoms with Gasteiger partial charge in [-0.15, -0.1) is 0 Å². The number of halogens is 1. The van der Waals surface area contributed by atoms with E-state index in [-0.39, 0.29) is 5.75 Å². The highest BCUT2D eigenvalue weighted by molar-refractivity contribution is 5.68. The number of hydrogen-bond acceptors (Lipinski definition) is 4. The Labute approximate surface area is 101 Å². The van der Waals surface area contributed by atoms with Crippen molar-refractivity contribution in [2.24, 2.45) is 0 Å². The molecule has 0 aliphatic heterocycles. The molecule has 0 saturated carbocycles. The van der Waals surface area contributed by atoms with E-state index in [4.69, 9.17) is 15.2 Å². The van der Waals surface area contributed by atoms with Crippen molar-refractivity contribution >= 4 is 11.4 Å². The van der Waals surface area contributed by atoms with Crippen molar-refractivity contribution in [2.45, 2.75) is 13.3 Å². The minimum Gasteiger partial charge on any atom is -0.494 e. The maximum absolute atomic E-state index is 13.3. The Bertz CT molecular complexity index is 359. The third kappa shape index (κ3) is 4.11. The Balaban J connectivity index is 2.52. The van der Waals surface area contributed by atoms with Crippen molar-refractivity contribution < 1.29 is 13.9 Å². The van der Waals surface area contributed by atoms with E-state index in [1.54, 1.807) is 6.07 Å². The fourth-order valence-corrected chi connectivity index (χ4v) is 1.42. The summed E-state index contributed by atoms with van der Waals surface area (Å²) in [7, 11) is 1.42. The second-order valence-corrected chi connectivity index (χ2v) is 3.55. The van der Waals surface area contributed by atoms with Crippen LogP contribution in [-0.4, -0.2) is 26.9 Å². The number of nitrogens with two attached hydrogens (primary N) is 1. The van der Waals surface area contributed by atoms with Gasteiger partial charge in [-0.1, -0.05) is 0 Å². The van der Waals surface area contributed by atoms with E-state index < -0.39 is 5.82 Å². The summed E-state index contributed by atoms with van der Waals surface area (Å²) >= 11 is 0. The third-order valence-corrected chi connectivity index (χ3v) is 2.31. The zero-order valence-corrected chi connectivity index (χ0v) is 10.3. The molecule has 0 radical (unpaired) electrons. The summed E-state index contributed by atoms with van der Waals surface area (Å²) in [6, 6.07) is 2.81. The summed E-state index contributed by atoms with van der Waals surface area (Å²) in [4.78, 5) is 0. The summed E-state index contributed by atoms with van der Waals surface area (Å²) in [5.74, 6) is -0.267. The molecule has 0 unspecified atom stereocenters. The first-order chi connectivity index (χ1) is 8.19. The number of anilines is 2. The number of benzene rings is 1. The molecule has 3 N–H and O–H groups in total. The molecule has 96 valence electrons. The fraction of sp³-hybridized carbons (Fsp3) is 0.500. The van der Waals surface area contributed by atoms with Gasteiger partial charge in [-0.25, -0.2) is 4.39 Å². The molecule has 0 aliphatic carbocycles. The van der Waals surface area contributed by atoms with Crippen LogP contribution in [-0.2, 0) is 4.74 Å². The average Bonchev–Trinajstić information content (AvgIpc) is 2.31. The van der Waals surface area contributed by atoms with Gasteiger partial charge in [0, 0.05) is 31.9 Å². The van der Waals surface area contributed by atoms with Gasteiger partial charge in [0.1, 0.15) is 0 Å². The van der Waals surface area contributed by atoms with E-state index in [1.165, 1.54) is 13.2 Å². The van der Waals surface area contributed by atoms with Crippen molar-refractivity contribution in [1.29, 1.82) is 0 Å². The first-order valence-corrected chi connectivity index (χ1v) is 5.63. The highest BCUT2D eigenvalue weighted by atomic mass is 19.1. The van der Waals surface area contributed by atoms with Gasteiger partial charge in [0.25, 0.3) is 0 Å². The molecule has 0 spiro atoms. The normalized spacial score (nSPS) is 10.3. The van der Waals surface area contributed by atoms with Gasteiger partial charge < -0.3 is 20.5 Å². The molecule has 0 aliphatic rings. The molecule has 0 heterocycles. The largest absolute Gasteiger partial charge is 0.494 e. The quantitative estimate of drug-likeness (QED) is 0.569. The van der Waals surface area contributed by atoms with Gasteiger partial charge in [-0.3, -0.25) is 0 Å². The number of rotatable bonds is 7. The molecular weight excluding hydrogens is 223 g/mol. The van der Waals surface area contributed by atoms with Crippen LogP contribution in [0.2, 0.25) is 0 Å². The summed E-state index contributed by atoms with van der Waals surface area (Å²) in [5.41, 5.74) is 6.75. The highest BCUT2D eigenvalue weighted by Crippen LogP contribution is 2.27. The molecule has 0 atom stereocenters. The topological polar surface area (TPSA) is 56.5 Å². The maximum atomic E-state index is 13.3. The fourth-order valence-electron chi connectivity index (χ4n) is 1.42. The number of nitrogen functional groups attached to an aromatic ring is 1. The molecule has 1 rings (SSSR count). The molecule has 17 heavy (non-hydrogen) atoms. The summed E-state index contributed by atoms with van der Waals surface area (Å²) < 4.78 is 23.4. The van der Waals surface area contributed by atoms with E-state index in [1.807, 2.05) is 6.92 Å². The first-order valence-electron chi connectivity index (χ1n) is 5.63. The Morgan fingerprint density at radius 1 is 1.41 bits per heavy atom. The number of methoxy groups -OCH3 is 1. The number of ether oxygens (including phenoxy) is 2. The van der Waals surface area contributed by atoms with E-state index in [9.17, 15) is 4.39 Å². The Morgan fingerprint density at radius 3 is 2.82 bits per heavy atom. The van der Waals surface area contributed by atoms with Gasteiger partial charge in [0.15, 0.2) is 11.6 Å². The third-order valence-electron chi connectivity index (χ3n) is 2.31. The molecule has 5 heteroatoms. The lowest BCUT2D eigenvalue weighted by Crippen LogP contribution is -2.08. The van der Waals surface area contributed by atoms with Crippen LogP contribution in [0.15, 0.2) is 12.1 Å². The van der Waals surface area contributed by atoms with Crippen molar-refractivity contribution in [1.82, 2.24) is 0 Å². The standard InChI is InChI=1S/C12H19FN2O2/c1-3-17-6-4-5-15-11-8-12(16-2)9(13)7-10(11)14/h7-8,15H,3-6,14H2,1-2H3. The Morgan fingerprint density at radius 2 is 2.18 bits per heavy atom.